The van der Waals surface area contributed by atoms with E-state index in [1.54, 1.807) is 29.0 Å². The summed E-state index contributed by atoms with van der Waals surface area (Å²) in [6.45, 7) is 0.0221. The van der Waals surface area contributed by atoms with Gasteiger partial charge in [0.05, 0.1) is 30.3 Å². The number of nitrogens with zero attached hydrogens (tertiary/aromatic N) is 1. The number of carboxylic acids is 1. The first kappa shape index (κ1) is 20.3. The lowest BCUT2D eigenvalue weighted by Crippen LogP contribution is -2.40. The lowest BCUT2D eigenvalue weighted by Gasteiger charge is -2.27. The van der Waals surface area contributed by atoms with Gasteiger partial charge in [0.1, 0.15) is 5.25 Å². The van der Waals surface area contributed by atoms with E-state index in [2.05, 4.69) is 4.72 Å². The number of ketones is 1. The lowest BCUT2D eigenvalue weighted by molar-refractivity contribution is -0.138. The molecular formula is C19H24N2O6S. The van der Waals surface area contributed by atoms with Crippen molar-refractivity contribution < 1.29 is 28.2 Å². The molecule has 1 aromatic carbocycles. The van der Waals surface area contributed by atoms with Crippen LogP contribution in [0.3, 0.4) is 0 Å². The van der Waals surface area contributed by atoms with Crippen LogP contribution in [0.4, 0.5) is 5.69 Å². The van der Waals surface area contributed by atoms with E-state index in [1.165, 1.54) is 0 Å². The summed E-state index contributed by atoms with van der Waals surface area (Å²) >= 11 is 0. The van der Waals surface area contributed by atoms with Gasteiger partial charge in [-0.2, -0.15) is 0 Å². The van der Waals surface area contributed by atoms with Crippen LogP contribution in [0, 0.1) is 0 Å². The van der Waals surface area contributed by atoms with Crippen LogP contribution in [-0.4, -0.2) is 46.3 Å². The van der Waals surface area contributed by atoms with E-state index in [-0.39, 0.29) is 25.2 Å². The highest BCUT2D eigenvalue weighted by Crippen LogP contribution is 2.27. The van der Waals surface area contributed by atoms with Crippen LogP contribution >= 0.6 is 0 Å². The zero-order valence-corrected chi connectivity index (χ0v) is 16.2. The average molecular weight is 408 g/mol. The Morgan fingerprint density at radius 2 is 1.89 bits per heavy atom. The Morgan fingerprint density at radius 3 is 2.61 bits per heavy atom. The molecule has 9 heteroatoms. The number of benzene rings is 1. The summed E-state index contributed by atoms with van der Waals surface area (Å²) in [6.07, 6.45) is 3.07. The lowest BCUT2D eigenvalue weighted by atomic mass is 9.97. The summed E-state index contributed by atoms with van der Waals surface area (Å²) in [5.74, 6) is -1.23. The summed E-state index contributed by atoms with van der Waals surface area (Å²) in [5.41, 5.74) is 1.04. The van der Waals surface area contributed by atoms with Crippen LogP contribution < -0.4 is 4.72 Å². The van der Waals surface area contributed by atoms with E-state index in [0.29, 0.717) is 24.0 Å². The number of hydrogen-bond acceptors (Lipinski definition) is 5. The summed E-state index contributed by atoms with van der Waals surface area (Å²) in [5, 5.41) is 18.7. The number of Topliss-reactive ketones (excluding diaryl/α,β-unsaturated/α-hetero) is 1. The standard InChI is InChI=1S/C19H24N2O6S/c22-15(7-8-19(24)25)12-21-10-9-13-5-6-14(11-16(13)21)20-28(26,27)18-4-2-1-3-17(18)23/h5-6,9-11,17-18,20,23H,1-4,7-8,12H2,(H,24,25). The van der Waals surface area contributed by atoms with Crippen molar-refractivity contribution in [1.29, 1.82) is 0 Å². The van der Waals surface area contributed by atoms with Crippen LogP contribution in [-0.2, 0) is 26.2 Å². The normalized spacial score (nSPS) is 20.2. The molecule has 0 saturated heterocycles. The summed E-state index contributed by atoms with van der Waals surface area (Å²) in [6, 6.07) is 6.85. The third-order valence-corrected chi connectivity index (χ3v) is 6.93. The number of aliphatic hydroxyl groups excluding tert-OH is 1. The van der Waals surface area contributed by atoms with E-state index < -0.39 is 27.3 Å². The number of fused-ring (bicyclic) bond motifs is 1. The van der Waals surface area contributed by atoms with Crippen molar-refractivity contribution in [1.82, 2.24) is 4.57 Å². The maximum absolute atomic E-state index is 12.7. The Labute approximate surface area is 163 Å². The fourth-order valence-corrected chi connectivity index (χ4v) is 5.21. The molecule has 2 aromatic rings. The molecule has 1 aromatic heterocycles. The van der Waals surface area contributed by atoms with E-state index in [4.69, 9.17) is 5.11 Å². The Kier molecular flexibility index (Phi) is 6.04. The second kappa shape index (κ2) is 8.32. The number of nitrogens with one attached hydrogen (secondary N) is 1. The molecule has 152 valence electrons. The second-order valence-electron chi connectivity index (χ2n) is 7.19. The van der Waals surface area contributed by atoms with Crippen molar-refractivity contribution in [3.63, 3.8) is 0 Å². The zero-order valence-electron chi connectivity index (χ0n) is 15.4. The molecule has 0 bridgehead atoms. The topological polar surface area (TPSA) is 126 Å². The van der Waals surface area contributed by atoms with Gasteiger partial charge >= 0.3 is 5.97 Å². The quantitative estimate of drug-likeness (QED) is 0.614. The number of aromatic nitrogens is 1. The molecule has 3 N–H and O–H groups in total. The zero-order chi connectivity index (χ0) is 20.3. The van der Waals surface area contributed by atoms with Crippen LogP contribution in [0.25, 0.3) is 10.9 Å². The highest BCUT2D eigenvalue weighted by Gasteiger charge is 2.34. The monoisotopic (exact) mass is 408 g/mol. The number of carbonyl (C=O) groups excluding carboxylic acids is 1. The Bertz CT molecular complexity index is 981. The van der Waals surface area contributed by atoms with Crippen LogP contribution in [0.15, 0.2) is 30.5 Å². The molecule has 3 rings (SSSR count). The number of rotatable bonds is 8. The molecule has 8 nitrogen and oxygen atoms in total. The van der Waals surface area contributed by atoms with Crippen molar-refractivity contribution in [3.05, 3.63) is 30.5 Å². The van der Waals surface area contributed by atoms with Crippen molar-refractivity contribution >= 4 is 38.4 Å². The third kappa shape index (κ3) is 4.71. The van der Waals surface area contributed by atoms with Gasteiger partial charge in [0, 0.05) is 12.6 Å². The average Bonchev–Trinajstić information content (AvgIpc) is 3.02. The predicted octanol–water partition coefficient (Wildman–Crippen LogP) is 2.12. The molecule has 1 aliphatic carbocycles. The third-order valence-electron chi connectivity index (χ3n) is 5.06. The van der Waals surface area contributed by atoms with E-state index in [9.17, 15) is 23.1 Å². The molecule has 0 aliphatic heterocycles. The Hall–Kier alpha value is -2.39. The fraction of sp³-hybridized carbons (Fsp3) is 0.474. The van der Waals surface area contributed by atoms with Crippen molar-refractivity contribution in [2.24, 2.45) is 0 Å². The minimum Gasteiger partial charge on any atom is -0.481 e. The minimum absolute atomic E-state index is 0.0221. The van der Waals surface area contributed by atoms with Gasteiger partial charge in [-0.05, 0) is 36.4 Å². The molecule has 0 spiro atoms. The SMILES string of the molecule is O=C(O)CCC(=O)Cn1ccc2ccc(NS(=O)(=O)C3CCCCC3O)cc21. The maximum atomic E-state index is 12.7. The molecule has 1 fully saturated rings. The summed E-state index contributed by atoms with van der Waals surface area (Å²) in [4.78, 5) is 22.6. The molecule has 2 unspecified atom stereocenters. The van der Waals surface area contributed by atoms with Gasteiger partial charge in [-0.1, -0.05) is 18.9 Å². The van der Waals surface area contributed by atoms with E-state index in [0.717, 1.165) is 18.2 Å². The number of aliphatic hydroxyl groups is 1. The number of anilines is 1. The van der Waals surface area contributed by atoms with Gasteiger partial charge in [-0.25, -0.2) is 8.42 Å². The second-order valence-corrected chi connectivity index (χ2v) is 9.09. The minimum atomic E-state index is -3.73. The number of carbonyl (C=O) groups is 2. The predicted molar refractivity (Wildman–Crippen MR) is 105 cm³/mol. The number of carboxylic acid groups (broad SMARTS) is 1. The van der Waals surface area contributed by atoms with E-state index >= 15 is 0 Å². The molecule has 1 aliphatic rings. The molecule has 1 saturated carbocycles. The van der Waals surface area contributed by atoms with Gasteiger partial charge in [0.25, 0.3) is 0 Å². The number of hydrogen-bond donors (Lipinski definition) is 3. The van der Waals surface area contributed by atoms with Gasteiger partial charge in [-0.15, -0.1) is 0 Å². The molecule has 0 amide bonds. The van der Waals surface area contributed by atoms with Crippen molar-refractivity contribution in [2.75, 3.05) is 4.72 Å². The number of sulfonamides is 1. The fourth-order valence-electron chi connectivity index (χ4n) is 3.58. The highest BCUT2D eigenvalue weighted by atomic mass is 32.2. The molecule has 1 heterocycles. The first-order chi connectivity index (χ1) is 13.3. The smallest absolute Gasteiger partial charge is 0.303 e. The highest BCUT2D eigenvalue weighted by molar-refractivity contribution is 7.93. The van der Waals surface area contributed by atoms with Crippen molar-refractivity contribution in [2.45, 2.75) is 56.4 Å². The Balaban J connectivity index is 1.78. The largest absolute Gasteiger partial charge is 0.481 e. The maximum Gasteiger partial charge on any atom is 0.303 e. The first-order valence-electron chi connectivity index (χ1n) is 9.28. The summed E-state index contributed by atoms with van der Waals surface area (Å²) in [7, 11) is -3.73. The van der Waals surface area contributed by atoms with Gasteiger partial charge in [0.2, 0.25) is 10.0 Å². The van der Waals surface area contributed by atoms with Crippen molar-refractivity contribution in [3.8, 4) is 0 Å². The van der Waals surface area contributed by atoms with Gasteiger partial charge in [0.15, 0.2) is 5.78 Å². The van der Waals surface area contributed by atoms with Gasteiger partial charge in [-0.3, -0.25) is 14.3 Å². The Morgan fingerprint density at radius 1 is 1.14 bits per heavy atom. The molecule has 28 heavy (non-hydrogen) atoms. The van der Waals surface area contributed by atoms with Gasteiger partial charge < -0.3 is 14.8 Å². The summed E-state index contributed by atoms with van der Waals surface area (Å²) < 4.78 is 29.6. The first-order valence-corrected chi connectivity index (χ1v) is 10.8. The molecule has 0 radical (unpaired) electrons. The van der Waals surface area contributed by atoms with Crippen LogP contribution in [0.2, 0.25) is 0 Å². The van der Waals surface area contributed by atoms with E-state index in [1.807, 2.05) is 6.07 Å². The molecule has 2 atom stereocenters. The molecular weight excluding hydrogens is 384 g/mol. The van der Waals surface area contributed by atoms with Crippen LogP contribution in [0.5, 0.6) is 0 Å². The number of aliphatic carboxylic acids is 1. The van der Waals surface area contributed by atoms with Crippen LogP contribution in [0.1, 0.15) is 38.5 Å².